The Morgan fingerprint density at radius 2 is 2.00 bits per heavy atom. The van der Waals surface area contributed by atoms with Crippen LogP contribution in [0.15, 0.2) is 47.1 Å². The lowest BCUT2D eigenvalue weighted by molar-refractivity contribution is 0.610. The van der Waals surface area contributed by atoms with Gasteiger partial charge in [-0.2, -0.15) is 0 Å². The van der Waals surface area contributed by atoms with Crippen LogP contribution in [0.4, 0.5) is 0 Å². The van der Waals surface area contributed by atoms with E-state index in [1.165, 1.54) is 0 Å². The summed E-state index contributed by atoms with van der Waals surface area (Å²) >= 11 is 0. The van der Waals surface area contributed by atoms with E-state index in [2.05, 4.69) is 52.6 Å². The summed E-state index contributed by atoms with van der Waals surface area (Å²) < 4.78 is 8.21. The predicted octanol–water partition coefficient (Wildman–Crippen LogP) is 4.67. The summed E-state index contributed by atoms with van der Waals surface area (Å²) in [5.41, 5.74) is 3.54. The summed E-state index contributed by atoms with van der Waals surface area (Å²) in [4.78, 5) is 9.03. The van der Waals surface area contributed by atoms with E-state index >= 15 is 0 Å². The highest BCUT2D eigenvalue weighted by molar-refractivity contribution is 6.06. The fraction of sp³-hybridized carbons (Fsp3) is 0.263. The number of furan rings is 1. The largest absolute Gasteiger partial charge is 0.435 e. The second-order valence-corrected chi connectivity index (χ2v) is 6.37. The number of imidazole rings is 1. The minimum Gasteiger partial charge on any atom is -0.435 e. The minimum atomic E-state index is 0.551. The van der Waals surface area contributed by atoms with E-state index in [1.807, 2.05) is 25.4 Å². The number of aryl methyl sites for hydroxylation is 1. The number of nitrogens with zero attached hydrogens (tertiary/aromatic N) is 3. The van der Waals surface area contributed by atoms with Gasteiger partial charge in [0.2, 0.25) is 5.71 Å². The molecule has 0 aliphatic heterocycles. The van der Waals surface area contributed by atoms with Crippen molar-refractivity contribution in [2.75, 3.05) is 0 Å². The summed E-state index contributed by atoms with van der Waals surface area (Å²) in [7, 11) is 0. The van der Waals surface area contributed by atoms with Crippen LogP contribution in [0, 0.1) is 12.8 Å². The third-order valence-corrected chi connectivity index (χ3v) is 4.05. The molecule has 0 saturated heterocycles. The van der Waals surface area contributed by atoms with E-state index in [4.69, 9.17) is 4.42 Å². The molecular weight excluding hydrogens is 286 g/mol. The van der Waals surface area contributed by atoms with Gasteiger partial charge in [-0.1, -0.05) is 26.0 Å². The number of hydrogen-bond acceptors (Lipinski definition) is 3. The summed E-state index contributed by atoms with van der Waals surface area (Å²) in [5, 5.41) is 2.15. The molecule has 0 aliphatic carbocycles. The molecule has 4 aromatic rings. The van der Waals surface area contributed by atoms with E-state index in [0.29, 0.717) is 11.6 Å². The van der Waals surface area contributed by atoms with Crippen molar-refractivity contribution in [1.29, 1.82) is 0 Å². The monoisotopic (exact) mass is 305 g/mol. The maximum Gasteiger partial charge on any atom is 0.227 e. The highest BCUT2D eigenvalue weighted by Gasteiger charge is 2.15. The van der Waals surface area contributed by atoms with Crippen LogP contribution in [-0.2, 0) is 6.42 Å². The molecule has 4 nitrogen and oxygen atoms in total. The Morgan fingerprint density at radius 3 is 2.83 bits per heavy atom. The lowest BCUT2D eigenvalue weighted by atomic mass is 10.1. The number of hydrogen-bond donors (Lipinski definition) is 0. The molecule has 0 bridgehead atoms. The normalized spacial score (nSPS) is 11.8. The zero-order valence-electron chi connectivity index (χ0n) is 13.6. The maximum absolute atomic E-state index is 6.09. The van der Waals surface area contributed by atoms with Crippen molar-refractivity contribution in [1.82, 2.24) is 14.5 Å². The van der Waals surface area contributed by atoms with Crippen LogP contribution < -0.4 is 0 Å². The van der Waals surface area contributed by atoms with Gasteiger partial charge in [-0.05, 0) is 31.0 Å². The Balaban J connectivity index is 1.98. The Kier molecular flexibility index (Phi) is 3.18. The van der Waals surface area contributed by atoms with Gasteiger partial charge >= 0.3 is 0 Å². The zero-order chi connectivity index (χ0) is 16.0. The van der Waals surface area contributed by atoms with Crippen LogP contribution in [0.2, 0.25) is 0 Å². The van der Waals surface area contributed by atoms with E-state index in [9.17, 15) is 0 Å². The molecular formula is C19H19N3O. The van der Waals surface area contributed by atoms with Crippen LogP contribution in [0.5, 0.6) is 0 Å². The van der Waals surface area contributed by atoms with Gasteiger partial charge in [0.05, 0.1) is 5.69 Å². The van der Waals surface area contributed by atoms with Gasteiger partial charge in [-0.25, -0.2) is 9.97 Å². The number of pyridine rings is 1. The third-order valence-electron chi connectivity index (χ3n) is 4.05. The van der Waals surface area contributed by atoms with Crippen molar-refractivity contribution in [3.63, 3.8) is 0 Å². The van der Waals surface area contributed by atoms with Crippen LogP contribution in [0.25, 0.3) is 27.8 Å². The average molecular weight is 305 g/mol. The molecule has 0 N–H and O–H groups in total. The molecule has 0 radical (unpaired) electrons. The van der Waals surface area contributed by atoms with Crippen molar-refractivity contribution in [2.24, 2.45) is 5.92 Å². The van der Waals surface area contributed by atoms with Gasteiger partial charge < -0.3 is 8.98 Å². The smallest absolute Gasteiger partial charge is 0.227 e. The van der Waals surface area contributed by atoms with Gasteiger partial charge in [-0.3, -0.25) is 0 Å². The first kappa shape index (κ1) is 14.0. The van der Waals surface area contributed by atoms with E-state index in [-0.39, 0.29) is 0 Å². The Bertz CT molecular complexity index is 994. The van der Waals surface area contributed by atoms with Gasteiger partial charge in [0.15, 0.2) is 5.58 Å². The second kappa shape index (κ2) is 5.23. The molecule has 0 aliphatic rings. The number of fused-ring (bicyclic) bond motifs is 3. The third kappa shape index (κ3) is 2.31. The van der Waals surface area contributed by atoms with Gasteiger partial charge in [0.25, 0.3) is 0 Å². The van der Waals surface area contributed by atoms with Crippen LogP contribution >= 0.6 is 0 Å². The molecule has 0 atom stereocenters. The molecule has 23 heavy (non-hydrogen) atoms. The lowest BCUT2D eigenvalue weighted by Crippen LogP contribution is -2.04. The SMILES string of the molecule is Cc1ccc2c(n1)oc1c(-n3ccnc3CC(C)C)cccc12. The van der Waals surface area contributed by atoms with E-state index in [1.54, 1.807) is 0 Å². The fourth-order valence-corrected chi connectivity index (χ4v) is 3.02. The zero-order valence-corrected chi connectivity index (χ0v) is 13.6. The van der Waals surface area contributed by atoms with E-state index < -0.39 is 0 Å². The van der Waals surface area contributed by atoms with Gasteiger partial charge in [-0.15, -0.1) is 0 Å². The first-order valence-electron chi connectivity index (χ1n) is 7.95. The maximum atomic E-state index is 6.09. The number of aromatic nitrogens is 3. The summed E-state index contributed by atoms with van der Waals surface area (Å²) in [6.07, 6.45) is 4.78. The van der Waals surface area contributed by atoms with Crippen molar-refractivity contribution < 1.29 is 4.42 Å². The molecule has 3 aromatic heterocycles. The first-order chi connectivity index (χ1) is 11.1. The van der Waals surface area contributed by atoms with Crippen LogP contribution in [0.3, 0.4) is 0 Å². The molecule has 1 aromatic carbocycles. The average Bonchev–Trinajstić information content (AvgIpc) is 3.09. The molecule has 3 heterocycles. The standard InChI is InChI=1S/C19H19N3O/c1-12(2)11-17-20-9-10-22(17)16-6-4-5-14-15-8-7-13(3)21-19(15)23-18(14)16/h4-10,12H,11H2,1-3H3. The second-order valence-electron chi connectivity index (χ2n) is 6.37. The number of para-hydroxylation sites is 1. The summed E-state index contributed by atoms with van der Waals surface area (Å²) in [6.45, 7) is 6.38. The molecule has 0 fully saturated rings. The Labute approximate surface area is 134 Å². The van der Waals surface area contributed by atoms with Crippen molar-refractivity contribution in [2.45, 2.75) is 27.2 Å². The van der Waals surface area contributed by atoms with Gasteiger partial charge in [0, 0.05) is 35.3 Å². The Hall–Kier alpha value is -2.62. The van der Waals surface area contributed by atoms with Crippen LogP contribution in [-0.4, -0.2) is 14.5 Å². The number of benzene rings is 1. The summed E-state index contributed by atoms with van der Waals surface area (Å²) in [6, 6.07) is 10.3. The highest BCUT2D eigenvalue weighted by Crippen LogP contribution is 2.32. The van der Waals surface area contributed by atoms with E-state index in [0.717, 1.165) is 40.0 Å². The molecule has 0 saturated carbocycles. The highest BCUT2D eigenvalue weighted by atomic mass is 16.3. The van der Waals surface area contributed by atoms with Crippen molar-refractivity contribution in [3.8, 4) is 5.69 Å². The quantitative estimate of drug-likeness (QED) is 0.552. The van der Waals surface area contributed by atoms with Crippen LogP contribution in [0.1, 0.15) is 25.4 Å². The molecule has 4 heteroatoms. The van der Waals surface area contributed by atoms with Crippen molar-refractivity contribution in [3.05, 3.63) is 54.2 Å². The molecule has 0 spiro atoms. The molecule has 0 unspecified atom stereocenters. The topological polar surface area (TPSA) is 43.9 Å². The van der Waals surface area contributed by atoms with Crippen molar-refractivity contribution >= 4 is 22.1 Å². The lowest BCUT2D eigenvalue weighted by Gasteiger charge is -2.09. The summed E-state index contributed by atoms with van der Waals surface area (Å²) in [5.74, 6) is 1.60. The molecule has 116 valence electrons. The fourth-order valence-electron chi connectivity index (χ4n) is 3.02. The molecule has 4 rings (SSSR count). The number of rotatable bonds is 3. The van der Waals surface area contributed by atoms with Gasteiger partial charge in [0.1, 0.15) is 5.82 Å². The first-order valence-corrected chi connectivity index (χ1v) is 7.95. The Morgan fingerprint density at radius 1 is 1.13 bits per heavy atom. The molecule has 0 amide bonds. The predicted molar refractivity (Wildman–Crippen MR) is 91.9 cm³/mol. The minimum absolute atomic E-state index is 0.551.